The normalized spacial score (nSPS) is 12.2. The van der Waals surface area contributed by atoms with E-state index in [1.807, 2.05) is 13.8 Å². The molecule has 5 heteroatoms. The summed E-state index contributed by atoms with van der Waals surface area (Å²) < 4.78 is 15.6. The molecule has 1 aromatic carbocycles. The van der Waals surface area contributed by atoms with Gasteiger partial charge >= 0.3 is 0 Å². The number of hydrogen-bond acceptors (Lipinski definition) is 5. The maximum atomic E-state index is 12.3. The van der Waals surface area contributed by atoms with Crippen molar-refractivity contribution in [1.82, 2.24) is 0 Å². The molecule has 1 rings (SSSR count). The molecule has 0 amide bonds. The van der Waals surface area contributed by atoms with Gasteiger partial charge in [-0.15, -0.1) is 0 Å². The molecule has 0 heterocycles. The van der Waals surface area contributed by atoms with Gasteiger partial charge < -0.3 is 19.9 Å². The van der Waals surface area contributed by atoms with Crippen molar-refractivity contribution in [2.45, 2.75) is 19.9 Å². The Morgan fingerprint density at radius 1 is 1.00 bits per heavy atom. The van der Waals surface area contributed by atoms with Crippen molar-refractivity contribution in [2.24, 2.45) is 11.7 Å². The largest absolute Gasteiger partial charge is 0.496 e. The fourth-order valence-corrected chi connectivity index (χ4v) is 1.70. The Morgan fingerprint density at radius 3 is 1.89 bits per heavy atom. The zero-order valence-corrected chi connectivity index (χ0v) is 12.0. The molecule has 1 atom stereocenters. The summed E-state index contributed by atoms with van der Waals surface area (Å²) in [6, 6.07) is 2.65. The quantitative estimate of drug-likeness (QED) is 0.797. The number of Topliss-reactive ketones (excluding diaryl/α,β-unsaturated/α-hetero) is 1. The molecular formula is C14H21NO4. The molecule has 5 nitrogen and oxygen atoms in total. The van der Waals surface area contributed by atoms with E-state index in [4.69, 9.17) is 19.9 Å². The maximum absolute atomic E-state index is 12.3. The standard InChI is InChI=1S/C14H21NO4/c1-8(2)13(15)14(16)9-6-11(18-4)12(19-5)7-10(9)17-3/h6-8,13H,15H2,1-5H3. The average Bonchev–Trinajstić information content (AvgIpc) is 2.43. The third kappa shape index (κ3) is 3.17. The Kier molecular flexibility index (Phi) is 5.18. The fourth-order valence-electron chi connectivity index (χ4n) is 1.70. The summed E-state index contributed by atoms with van der Waals surface area (Å²) in [4.78, 5) is 12.3. The van der Waals surface area contributed by atoms with Gasteiger partial charge in [0, 0.05) is 6.07 Å². The highest BCUT2D eigenvalue weighted by Gasteiger charge is 2.24. The van der Waals surface area contributed by atoms with Gasteiger partial charge in [0.1, 0.15) is 5.75 Å². The highest BCUT2D eigenvalue weighted by Crippen LogP contribution is 2.35. The van der Waals surface area contributed by atoms with Crippen LogP contribution in [0.1, 0.15) is 24.2 Å². The van der Waals surface area contributed by atoms with E-state index >= 15 is 0 Å². The van der Waals surface area contributed by atoms with Crippen LogP contribution in [0, 0.1) is 5.92 Å². The summed E-state index contributed by atoms with van der Waals surface area (Å²) in [5.74, 6) is 1.29. The Morgan fingerprint density at radius 2 is 1.47 bits per heavy atom. The number of carbonyl (C=O) groups is 1. The van der Waals surface area contributed by atoms with Crippen LogP contribution in [-0.2, 0) is 0 Å². The molecule has 2 N–H and O–H groups in total. The van der Waals surface area contributed by atoms with Gasteiger partial charge in [-0.25, -0.2) is 0 Å². The van der Waals surface area contributed by atoms with Gasteiger partial charge in [0.15, 0.2) is 17.3 Å². The first-order chi connectivity index (χ1) is 8.96. The smallest absolute Gasteiger partial charge is 0.183 e. The van der Waals surface area contributed by atoms with Crippen molar-refractivity contribution < 1.29 is 19.0 Å². The Hall–Kier alpha value is -1.75. The van der Waals surface area contributed by atoms with Crippen LogP contribution in [0.25, 0.3) is 0 Å². The zero-order chi connectivity index (χ0) is 14.6. The molecular weight excluding hydrogens is 246 g/mol. The minimum Gasteiger partial charge on any atom is -0.496 e. The molecule has 19 heavy (non-hydrogen) atoms. The molecule has 0 aliphatic rings. The predicted octanol–water partition coefficient (Wildman–Crippen LogP) is 1.88. The van der Waals surface area contributed by atoms with Crippen LogP contribution in [0.15, 0.2) is 12.1 Å². The van der Waals surface area contributed by atoms with E-state index in [0.717, 1.165) is 0 Å². The summed E-state index contributed by atoms with van der Waals surface area (Å²) in [5.41, 5.74) is 6.30. The minimum atomic E-state index is -0.577. The first kappa shape index (κ1) is 15.3. The lowest BCUT2D eigenvalue weighted by atomic mass is 9.95. The Labute approximate surface area is 113 Å². The number of carbonyl (C=O) groups excluding carboxylic acids is 1. The van der Waals surface area contributed by atoms with E-state index in [1.54, 1.807) is 12.1 Å². The van der Waals surface area contributed by atoms with E-state index in [9.17, 15) is 4.79 Å². The number of ether oxygens (including phenoxy) is 3. The van der Waals surface area contributed by atoms with Crippen LogP contribution in [-0.4, -0.2) is 33.2 Å². The first-order valence-corrected chi connectivity index (χ1v) is 6.06. The lowest BCUT2D eigenvalue weighted by Gasteiger charge is -2.18. The Balaban J connectivity index is 3.29. The highest BCUT2D eigenvalue weighted by atomic mass is 16.5. The second-order valence-corrected chi connectivity index (χ2v) is 4.54. The highest BCUT2D eigenvalue weighted by molar-refractivity contribution is 6.03. The van der Waals surface area contributed by atoms with E-state index in [2.05, 4.69) is 0 Å². The average molecular weight is 267 g/mol. The third-order valence-corrected chi connectivity index (χ3v) is 2.99. The molecule has 0 spiro atoms. The number of benzene rings is 1. The number of methoxy groups -OCH3 is 3. The Bertz CT molecular complexity index is 457. The lowest BCUT2D eigenvalue weighted by Crippen LogP contribution is -2.35. The van der Waals surface area contributed by atoms with Crippen LogP contribution in [0.4, 0.5) is 0 Å². The third-order valence-electron chi connectivity index (χ3n) is 2.99. The van der Waals surface area contributed by atoms with Crippen molar-refractivity contribution in [1.29, 1.82) is 0 Å². The molecule has 1 unspecified atom stereocenters. The number of rotatable bonds is 6. The molecule has 0 aliphatic heterocycles. The van der Waals surface area contributed by atoms with E-state index < -0.39 is 6.04 Å². The lowest BCUT2D eigenvalue weighted by molar-refractivity contribution is 0.0937. The first-order valence-electron chi connectivity index (χ1n) is 6.06. The number of ketones is 1. The van der Waals surface area contributed by atoms with Gasteiger partial charge in [0.05, 0.1) is 32.9 Å². The van der Waals surface area contributed by atoms with E-state index in [0.29, 0.717) is 22.8 Å². The van der Waals surface area contributed by atoms with Gasteiger partial charge in [0.25, 0.3) is 0 Å². The van der Waals surface area contributed by atoms with Crippen molar-refractivity contribution in [3.63, 3.8) is 0 Å². The molecule has 0 radical (unpaired) electrons. The zero-order valence-electron chi connectivity index (χ0n) is 12.0. The van der Waals surface area contributed by atoms with E-state index in [-0.39, 0.29) is 11.7 Å². The minimum absolute atomic E-state index is 0.0466. The summed E-state index contributed by atoms with van der Waals surface area (Å²) in [6.45, 7) is 3.80. The van der Waals surface area contributed by atoms with Crippen molar-refractivity contribution in [3.8, 4) is 17.2 Å². The molecule has 0 bridgehead atoms. The summed E-state index contributed by atoms with van der Waals surface area (Å²) >= 11 is 0. The van der Waals surface area contributed by atoms with Gasteiger partial charge in [-0.05, 0) is 12.0 Å². The van der Waals surface area contributed by atoms with Crippen LogP contribution in [0.3, 0.4) is 0 Å². The topological polar surface area (TPSA) is 70.8 Å². The fraction of sp³-hybridized carbons (Fsp3) is 0.500. The monoisotopic (exact) mass is 267 g/mol. The van der Waals surface area contributed by atoms with Crippen LogP contribution < -0.4 is 19.9 Å². The summed E-state index contributed by atoms with van der Waals surface area (Å²) in [7, 11) is 4.54. The van der Waals surface area contributed by atoms with Gasteiger partial charge in [-0.1, -0.05) is 13.8 Å². The van der Waals surface area contributed by atoms with Crippen LogP contribution in [0.2, 0.25) is 0 Å². The van der Waals surface area contributed by atoms with Crippen LogP contribution >= 0.6 is 0 Å². The summed E-state index contributed by atoms with van der Waals surface area (Å²) in [6.07, 6.45) is 0. The molecule has 106 valence electrons. The van der Waals surface area contributed by atoms with Gasteiger partial charge in [-0.2, -0.15) is 0 Å². The maximum Gasteiger partial charge on any atom is 0.183 e. The number of nitrogens with two attached hydrogens (primary N) is 1. The van der Waals surface area contributed by atoms with Crippen molar-refractivity contribution >= 4 is 5.78 Å². The second-order valence-electron chi connectivity index (χ2n) is 4.54. The van der Waals surface area contributed by atoms with Gasteiger partial charge in [0.2, 0.25) is 0 Å². The van der Waals surface area contributed by atoms with Crippen LogP contribution in [0.5, 0.6) is 17.2 Å². The molecule has 0 aliphatic carbocycles. The van der Waals surface area contributed by atoms with E-state index in [1.165, 1.54) is 21.3 Å². The van der Waals surface area contributed by atoms with Gasteiger partial charge in [-0.3, -0.25) is 4.79 Å². The summed E-state index contributed by atoms with van der Waals surface area (Å²) in [5, 5.41) is 0. The molecule has 0 saturated heterocycles. The van der Waals surface area contributed by atoms with Crippen molar-refractivity contribution in [3.05, 3.63) is 17.7 Å². The predicted molar refractivity (Wildman–Crippen MR) is 73.2 cm³/mol. The molecule has 0 saturated carbocycles. The number of hydrogen-bond donors (Lipinski definition) is 1. The molecule has 0 fully saturated rings. The van der Waals surface area contributed by atoms with Crippen molar-refractivity contribution in [2.75, 3.05) is 21.3 Å². The second kappa shape index (κ2) is 6.43. The molecule has 1 aromatic rings. The SMILES string of the molecule is COc1cc(OC)c(C(=O)C(N)C(C)C)cc1OC. The molecule has 0 aromatic heterocycles.